The van der Waals surface area contributed by atoms with Crippen molar-refractivity contribution in [2.75, 3.05) is 0 Å². The van der Waals surface area contributed by atoms with Crippen molar-refractivity contribution in [1.82, 2.24) is 9.97 Å². The van der Waals surface area contributed by atoms with Gasteiger partial charge in [0.1, 0.15) is 0 Å². The lowest BCUT2D eigenvalue weighted by molar-refractivity contribution is -0.383. The normalized spacial score (nSPS) is 11.2. The Kier molecular flexibility index (Phi) is 3.66. The number of pyridine rings is 1. The molecule has 4 rings (SSSR count). The molecule has 1 N–H and O–H groups in total. The number of fused-ring (bicyclic) bond motifs is 2. The number of nitrogens with one attached hydrogen (secondary N) is 1. The van der Waals surface area contributed by atoms with Crippen LogP contribution in [0.4, 0.5) is 5.69 Å². The van der Waals surface area contributed by atoms with E-state index >= 15 is 0 Å². The first-order valence-corrected chi connectivity index (χ1v) is 8.42. The van der Waals surface area contributed by atoms with Crippen LogP contribution < -0.4 is 0 Å². The number of non-ortho nitro benzene ring substituents is 1. The number of para-hydroxylation sites is 1. The van der Waals surface area contributed by atoms with Gasteiger partial charge in [0.2, 0.25) is 0 Å². The maximum Gasteiger partial charge on any atom is 0.279 e. The molecule has 118 valence electrons. The molecule has 0 fully saturated rings. The Hall–Kier alpha value is -2.86. The topological polar surface area (TPSA) is 71.8 Å². The van der Waals surface area contributed by atoms with E-state index in [1.54, 1.807) is 30.1 Å². The molecule has 6 heteroatoms. The minimum absolute atomic E-state index is 0.139. The summed E-state index contributed by atoms with van der Waals surface area (Å²) in [5.74, 6) is 0.639. The van der Waals surface area contributed by atoms with Gasteiger partial charge in [-0.1, -0.05) is 24.3 Å². The predicted molar refractivity (Wildman–Crippen MR) is 96.3 cm³/mol. The Morgan fingerprint density at radius 3 is 2.83 bits per heavy atom. The maximum atomic E-state index is 11.3. The first-order valence-electron chi connectivity index (χ1n) is 7.44. The van der Waals surface area contributed by atoms with Gasteiger partial charge in [-0.2, -0.15) is 0 Å². The Morgan fingerprint density at radius 1 is 1.12 bits per heavy atom. The highest BCUT2D eigenvalue weighted by molar-refractivity contribution is 7.98. The SMILES string of the molecule is O=[N+]([O-])c1cccc2[nH]cc(CSc3cccc4cccnc34)c12. The summed E-state index contributed by atoms with van der Waals surface area (Å²) >= 11 is 1.64. The van der Waals surface area contributed by atoms with E-state index in [1.165, 1.54) is 0 Å². The van der Waals surface area contributed by atoms with Crippen molar-refractivity contribution in [1.29, 1.82) is 0 Å². The van der Waals surface area contributed by atoms with Gasteiger partial charge in [-0.05, 0) is 23.8 Å². The molecule has 0 amide bonds. The number of H-pyrrole nitrogens is 1. The van der Waals surface area contributed by atoms with Gasteiger partial charge in [-0.25, -0.2) is 0 Å². The minimum atomic E-state index is -0.330. The monoisotopic (exact) mass is 335 g/mol. The molecule has 0 aliphatic rings. The molecule has 5 nitrogen and oxygen atoms in total. The van der Waals surface area contributed by atoms with Gasteiger partial charge in [-0.3, -0.25) is 15.1 Å². The fourth-order valence-electron chi connectivity index (χ4n) is 2.85. The number of hydrogen-bond donors (Lipinski definition) is 1. The van der Waals surface area contributed by atoms with Crippen LogP contribution in [0.25, 0.3) is 21.8 Å². The molecule has 24 heavy (non-hydrogen) atoms. The van der Waals surface area contributed by atoms with Crippen molar-refractivity contribution >= 4 is 39.3 Å². The molecule has 0 bridgehead atoms. The second kappa shape index (κ2) is 5.98. The first kappa shape index (κ1) is 14.7. The zero-order chi connectivity index (χ0) is 16.5. The third-order valence-electron chi connectivity index (χ3n) is 3.94. The average molecular weight is 335 g/mol. The van der Waals surface area contributed by atoms with Gasteiger partial charge >= 0.3 is 0 Å². The molecule has 0 atom stereocenters. The molecule has 0 saturated carbocycles. The highest BCUT2D eigenvalue weighted by Gasteiger charge is 2.16. The predicted octanol–water partition coefficient (Wildman–Crippen LogP) is 4.92. The first-order chi connectivity index (χ1) is 11.7. The Balaban J connectivity index is 1.71. The smallest absolute Gasteiger partial charge is 0.279 e. The number of aromatic nitrogens is 2. The molecule has 0 unspecified atom stereocenters. The molecule has 4 aromatic rings. The highest BCUT2D eigenvalue weighted by atomic mass is 32.2. The van der Waals surface area contributed by atoms with Crippen molar-refractivity contribution < 1.29 is 4.92 Å². The van der Waals surface area contributed by atoms with Crippen molar-refractivity contribution in [3.05, 3.63) is 76.6 Å². The van der Waals surface area contributed by atoms with Gasteiger partial charge in [0, 0.05) is 34.5 Å². The highest BCUT2D eigenvalue weighted by Crippen LogP contribution is 2.34. The van der Waals surface area contributed by atoms with E-state index in [9.17, 15) is 10.1 Å². The number of benzene rings is 2. The van der Waals surface area contributed by atoms with Crippen LogP contribution in [0.15, 0.2) is 65.8 Å². The Morgan fingerprint density at radius 2 is 1.96 bits per heavy atom. The summed E-state index contributed by atoms with van der Waals surface area (Å²) in [6, 6.07) is 15.1. The van der Waals surface area contributed by atoms with Crippen LogP contribution in [0.1, 0.15) is 5.56 Å². The van der Waals surface area contributed by atoms with Crippen molar-refractivity contribution in [3.8, 4) is 0 Å². The summed E-state index contributed by atoms with van der Waals surface area (Å²) in [7, 11) is 0. The van der Waals surface area contributed by atoms with Crippen LogP contribution in [0.3, 0.4) is 0 Å². The van der Waals surface area contributed by atoms with Crippen LogP contribution in [-0.2, 0) is 5.75 Å². The van der Waals surface area contributed by atoms with Crippen molar-refractivity contribution in [2.45, 2.75) is 10.6 Å². The molecular formula is C18H13N3O2S. The van der Waals surface area contributed by atoms with Crippen LogP contribution in [0, 0.1) is 10.1 Å². The van der Waals surface area contributed by atoms with Crippen LogP contribution in [-0.4, -0.2) is 14.9 Å². The van der Waals surface area contributed by atoms with Crippen molar-refractivity contribution in [3.63, 3.8) is 0 Å². The summed E-state index contributed by atoms with van der Waals surface area (Å²) in [6.45, 7) is 0. The van der Waals surface area contributed by atoms with Gasteiger partial charge in [0.25, 0.3) is 5.69 Å². The summed E-state index contributed by atoms with van der Waals surface area (Å²) in [5, 5.41) is 13.1. The van der Waals surface area contributed by atoms with Gasteiger partial charge < -0.3 is 4.98 Å². The Labute approximate surface area is 141 Å². The van der Waals surface area contributed by atoms with E-state index < -0.39 is 0 Å². The van der Waals surface area contributed by atoms with Gasteiger partial charge in [-0.15, -0.1) is 11.8 Å². The second-order valence-corrected chi connectivity index (χ2v) is 6.41. The fraction of sp³-hybridized carbons (Fsp3) is 0.0556. The minimum Gasteiger partial charge on any atom is -0.361 e. The number of thioether (sulfide) groups is 1. The second-order valence-electron chi connectivity index (χ2n) is 5.39. The quantitative estimate of drug-likeness (QED) is 0.326. The van der Waals surface area contributed by atoms with E-state index in [0.717, 1.165) is 26.9 Å². The van der Waals surface area contributed by atoms with E-state index in [4.69, 9.17) is 0 Å². The molecule has 2 aromatic carbocycles. The molecule has 2 heterocycles. The summed E-state index contributed by atoms with van der Waals surface area (Å²) in [6.07, 6.45) is 3.63. The maximum absolute atomic E-state index is 11.3. The van der Waals surface area contributed by atoms with E-state index in [-0.39, 0.29) is 10.6 Å². The number of nitro groups is 1. The molecule has 0 aliphatic carbocycles. The number of aromatic amines is 1. The summed E-state index contributed by atoms with van der Waals surface area (Å²) < 4.78 is 0. The number of rotatable bonds is 4. The molecule has 2 aromatic heterocycles. The molecule has 0 spiro atoms. The summed E-state index contributed by atoms with van der Waals surface area (Å²) in [5.41, 5.74) is 2.81. The van der Waals surface area contributed by atoms with Crippen LogP contribution >= 0.6 is 11.8 Å². The zero-order valence-electron chi connectivity index (χ0n) is 12.6. The third kappa shape index (κ3) is 2.51. The van der Waals surface area contributed by atoms with E-state index in [2.05, 4.69) is 9.97 Å². The van der Waals surface area contributed by atoms with Gasteiger partial charge in [0.05, 0.1) is 21.3 Å². The molecule has 0 saturated heterocycles. The van der Waals surface area contributed by atoms with Crippen LogP contribution in [0.5, 0.6) is 0 Å². The van der Waals surface area contributed by atoms with E-state index in [0.29, 0.717) is 11.1 Å². The van der Waals surface area contributed by atoms with Crippen LogP contribution in [0.2, 0.25) is 0 Å². The zero-order valence-corrected chi connectivity index (χ0v) is 13.4. The number of hydrogen-bond acceptors (Lipinski definition) is 4. The Bertz CT molecular complexity index is 1050. The lowest BCUT2D eigenvalue weighted by Gasteiger charge is -2.05. The third-order valence-corrected chi connectivity index (χ3v) is 5.04. The molecular weight excluding hydrogens is 322 g/mol. The lowest BCUT2D eigenvalue weighted by atomic mass is 10.1. The van der Waals surface area contributed by atoms with Gasteiger partial charge in [0.15, 0.2) is 0 Å². The van der Waals surface area contributed by atoms with E-state index in [1.807, 2.05) is 42.6 Å². The largest absolute Gasteiger partial charge is 0.361 e. The number of nitrogens with zero attached hydrogens (tertiary/aromatic N) is 2. The summed E-state index contributed by atoms with van der Waals surface area (Å²) in [4.78, 5) is 19.6. The molecule has 0 radical (unpaired) electrons. The fourth-order valence-corrected chi connectivity index (χ4v) is 3.87. The lowest BCUT2D eigenvalue weighted by Crippen LogP contribution is -1.90. The average Bonchev–Trinajstić information content (AvgIpc) is 3.03. The molecule has 0 aliphatic heterocycles. The number of nitro benzene ring substituents is 1. The standard InChI is InChI=1S/C18H13N3O2S/c22-21(23)15-7-2-6-14-17(15)13(10-20-14)11-24-16-8-1-4-12-5-3-9-19-18(12)16/h1-10,20H,11H2. The van der Waals surface area contributed by atoms with Crippen molar-refractivity contribution in [2.24, 2.45) is 0 Å².